The zero-order valence-corrected chi connectivity index (χ0v) is 10.1. The van der Waals surface area contributed by atoms with Gasteiger partial charge in [0.1, 0.15) is 0 Å². The van der Waals surface area contributed by atoms with Gasteiger partial charge in [0, 0.05) is 30.1 Å². The predicted octanol–water partition coefficient (Wildman–Crippen LogP) is 2.15. The summed E-state index contributed by atoms with van der Waals surface area (Å²) in [6, 6.07) is 7.98. The number of halogens is 1. The van der Waals surface area contributed by atoms with Crippen molar-refractivity contribution < 1.29 is 5.73 Å². The Balaban J connectivity index is 2.98. The van der Waals surface area contributed by atoms with Crippen LogP contribution in [0.4, 0.5) is 0 Å². The molecular formula is C12H18ClN2+. The van der Waals surface area contributed by atoms with Gasteiger partial charge < -0.3 is 5.73 Å². The number of nitrogens with zero attached hydrogens (tertiary/aromatic N) is 1. The molecule has 1 unspecified atom stereocenters. The fraction of sp³-hybridized carbons (Fsp3) is 0.417. The summed E-state index contributed by atoms with van der Waals surface area (Å²) in [5, 5.41) is 0.783. The monoisotopic (exact) mass is 225 g/mol. The van der Waals surface area contributed by atoms with Gasteiger partial charge in [-0.2, -0.15) is 0 Å². The fourth-order valence-electron chi connectivity index (χ4n) is 1.70. The Morgan fingerprint density at radius 3 is 2.80 bits per heavy atom. The molecule has 0 saturated carbocycles. The highest BCUT2D eigenvalue weighted by atomic mass is 35.5. The lowest BCUT2D eigenvalue weighted by Crippen LogP contribution is -2.50. The molecule has 2 nitrogen and oxygen atoms in total. The Morgan fingerprint density at radius 1 is 1.53 bits per heavy atom. The molecule has 0 amide bonds. The van der Waals surface area contributed by atoms with E-state index in [0.29, 0.717) is 5.92 Å². The van der Waals surface area contributed by atoms with E-state index in [1.165, 1.54) is 5.56 Å². The maximum absolute atomic E-state index is 5.98. The first-order valence-electron chi connectivity index (χ1n) is 5.17. The highest BCUT2D eigenvalue weighted by molar-refractivity contribution is 6.30. The number of quaternary nitrogens is 1. The molecule has 1 aromatic carbocycles. The highest BCUT2D eigenvalue weighted by Gasteiger charge is 2.14. The first-order chi connectivity index (χ1) is 7.19. The van der Waals surface area contributed by atoms with Crippen molar-refractivity contribution in [3.63, 3.8) is 0 Å². The van der Waals surface area contributed by atoms with Gasteiger partial charge in [-0.1, -0.05) is 23.7 Å². The summed E-state index contributed by atoms with van der Waals surface area (Å²) in [7, 11) is 1.83. The van der Waals surface area contributed by atoms with Crippen molar-refractivity contribution in [2.24, 2.45) is 4.99 Å². The van der Waals surface area contributed by atoms with Crippen molar-refractivity contribution >= 4 is 17.3 Å². The van der Waals surface area contributed by atoms with Gasteiger partial charge >= 0.3 is 0 Å². The largest absolute Gasteiger partial charge is 0.358 e. The Hall–Kier alpha value is -0.860. The molecule has 0 aliphatic carbocycles. The molecule has 3 heteroatoms. The Kier molecular flexibility index (Phi) is 4.79. The lowest BCUT2D eigenvalue weighted by Gasteiger charge is -2.15. The molecule has 0 aromatic heterocycles. The molecule has 0 bridgehead atoms. The number of hydrogen-bond acceptors (Lipinski definition) is 1. The molecule has 0 radical (unpaired) electrons. The zero-order chi connectivity index (χ0) is 11.3. The molecule has 0 heterocycles. The van der Waals surface area contributed by atoms with Crippen molar-refractivity contribution in [1.29, 1.82) is 0 Å². The molecule has 0 aliphatic heterocycles. The minimum atomic E-state index is 0.353. The summed E-state index contributed by atoms with van der Waals surface area (Å²) < 4.78 is 0. The average Bonchev–Trinajstić information content (AvgIpc) is 2.25. The van der Waals surface area contributed by atoms with Crippen LogP contribution in [-0.2, 0) is 0 Å². The summed E-state index contributed by atoms with van der Waals surface area (Å²) in [5.41, 5.74) is 6.27. The number of benzene rings is 1. The van der Waals surface area contributed by atoms with Crippen LogP contribution in [0, 0.1) is 0 Å². The summed E-state index contributed by atoms with van der Waals surface area (Å²) in [4.78, 5) is 4.26. The Labute approximate surface area is 96.2 Å². The summed E-state index contributed by atoms with van der Waals surface area (Å²) in [5.74, 6) is 0.353. The van der Waals surface area contributed by atoms with Crippen molar-refractivity contribution in [3.05, 3.63) is 34.9 Å². The maximum Gasteiger partial charge on any atom is 0.0749 e. The van der Waals surface area contributed by atoms with Crippen LogP contribution in [0.2, 0.25) is 5.02 Å². The molecule has 0 saturated heterocycles. The van der Waals surface area contributed by atoms with Crippen LogP contribution in [0.3, 0.4) is 0 Å². The molecule has 1 rings (SSSR count). The molecule has 15 heavy (non-hydrogen) atoms. The van der Waals surface area contributed by atoms with Gasteiger partial charge in [0.15, 0.2) is 0 Å². The van der Waals surface area contributed by atoms with Gasteiger partial charge in [0.25, 0.3) is 0 Å². The minimum absolute atomic E-state index is 0.353. The number of rotatable bonds is 4. The molecule has 82 valence electrons. The van der Waals surface area contributed by atoms with Crippen molar-refractivity contribution in [1.82, 2.24) is 0 Å². The van der Waals surface area contributed by atoms with E-state index in [9.17, 15) is 0 Å². The van der Waals surface area contributed by atoms with Gasteiger partial charge in [0.2, 0.25) is 0 Å². The molecule has 1 aromatic rings. The zero-order valence-electron chi connectivity index (χ0n) is 9.33. The Bertz CT molecular complexity index is 347. The molecule has 0 spiro atoms. The van der Waals surface area contributed by atoms with Crippen LogP contribution >= 0.6 is 11.6 Å². The van der Waals surface area contributed by atoms with Crippen molar-refractivity contribution in [3.8, 4) is 0 Å². The van der Waals surface area contributed by atoms with Crippen molar-refractivity contribution in [2.75, 3.05) is 13.6 Å². The van der Waals surface area contributed by atoms with E-state index in [-0.39, 0.29) is 0 Å². The first kappa shape index (κ1) is 12.2. The van der Waals surface area contributed by atoms with Crippen LogP contribution in [-0.4, -0.2) is 19.3 Å². The van der Waals surface area contributed by atoms with Gasteiger partial charge in [-0.25, -0.2) is 0 Å². The smallest absolute Gasteiger partial charge is 0.0749 e. The number of hydrogen-bond donors (Lipinski definition) is 1. The first-order valence-corrected chi connectivity index (χ1v) is 5.54. The van der Waals surface area contributed by atoms with Crippen LogP contribution in [0.5, 0.6) is 0 Å². The Morgan fingerprint density at radius 2 is 2.27 bits per heavy atom. The molecule has 1 atom stereocenters. The standard InChI is InChI=1S/C12H17ClN2/c1-9(15-2)12(6-7-14)10-4-3-5-11(13)8-10/h3-5,8,12H,6-7,14H2,1-2H3/p+1. The normalized spacial score (nSPS) is 14.0. The molecule has 0 fully saturated rings. The van der Waals surface area contributed by atoms with Crippen LogP contribution in [0.25, 0.3) is 0 Å². The van der Waals surface area contributed by atoms with E-state index in [2.05, 4.69) is 23.7 Å². The summed E-state index contributed by atoms with van der Waals surface area (Å²) in [6.45, 7) is 2.96. The van der Waals surface area contributed by atoms with Gasteiger partial charge in [-0.3, -0.25) is 4.99 Å². The van der Waals surface area contributed by atoms with E-state index in [0.717, 1.165) is 23.7 Å². The topological polar surface area (TPSA) is 40.0 Å². The van der Waals surface area contributed by atoms with E-state index in [1.807, 2.05) is 25.2 Å². The molecular weight excluding hydrogens is 208 g/mol. The van der Waals surface area contributed by atoms with E-state index < -0.39 is 0 Å². The van der Waals surface area contributed by atoms with E-state index in [1.54, 1.807) is 0 Å². The second kappa shape index (κ2) is 5.89. The predicted molar refractivity (Wildman–Crippen MR) is 65.6 cm³/mol. The summed E-state index contributed by atoms with van der Waals surface area (Å²) in [6.07, 6.45) is 1.02. The third-order valence-corrected chi connectivity index (χ3v) is 2.84. The third-order valence-electron chi connectivity index (χ3n) is 2.60. The quantitative estimate of drug-likeness (QED) is 0.763. The van der Waals surface area contributed by atoms with Gasteiger partial charge in [0.05, 0.1) is 6.54 Å². The molecule has 3 N–H and O–H groups in total. The van der Waals surface area contributed by atoms with Crippen LogP contribution < -0.4 is 5.73 Å². The highest BCUT2D eigenvalue weighted by Crippen LogP contribution is 2.23. The lowest BCUT2D eigenvalue weighted by atomic mass is 9.92. The van der Waals surface area contributed by atoms with E-state index >= 15 is 0 Å². The van der Waals surface area contributed by atoms with Gasteiger partial charge in [-0.05, 0) is 24.6 Å². The minimum Gasteiger partial charge on any atom is -0.358 e. The average molecular weight is 226 g/mol. The maximum atomic E-state index is 5.98. The third kappa shape index (κ3) is 3.33. The van der Waals surface area contributed by atoms with Gasteiger partial charge in [-0.15, -0.1) is 0 Å². The van der Waals surface area contributed by atoms with Crippen LogP contribution in [0.1, 0.15) is 24.8 Å². The van der Waals surface area contributed by atoms with Crippen molar-refractivity contribution in [2.45, 2.75) is 19.3 Å². The second-order valence-corrected chi connectivity index (χ2v) is 4.05. The van der Waals surface area contributed by atoms with Crippen LogP contribution in [0.15, 0.2) is 29.3 Å². The summed E-state index contributed by atoms with van der Waals surface area (Å²) >= 11 is 5.98. The van der Waals surface area contributed by atoms with E-state index in [4.69, 9.17) is 11.6 Å². The molecule has 0 aliphatic rings. The lowest BCUT2D eigenvalue weighted by molar-refractivity contribution is -0.368. The number of aliphatic imine (C=N–C) groups is 1. The second-order valence-electron chi connectivity index (χ2n) is 3.61. The fourth-order valence-corrected chi connectivity index (χ4v) is 1.90. The SMILES string of the molecule is CN=C(C)C(CC[NH3+])c1cccc(Cl)c1.